The zero-order chi connectivity index (χ0) is 11.7. The van der Waals surface area contributed by atoms with Gasteiger partial charge in [0, 0.05) is 5.56 Å². The maximum absolute atomic E-state index is 5.73. The van der Waals surface area contributed by atoms with Crippen molar-refractivity contribution in [2.75, 3.05) is 0 Å². The van der Waals surface area contributed by atoms with E-state index in [0.29, 0.717) is 5.88 Å². The molecule has 1 aromatic carbocycles. The number of imidazole rings is 1. The standard InChI is InChI=1S/C13H15ClN2/c1-8-4-5-11(10(3)9(8)2)12-7-15-13(6-14)16-12/h4-5,7H,6H2,1-3H3,(H,15,16). The maximum atomic E-state index is 5.73. The van der Waals surface area contributed by atoms with Gasteiger partial charge in [-0.1, -0.05) is 12.1 Å². The highest BCUT2D eigenvalue weighted by atomic mass is 35.5. The number of hydrogen-bond donors (Lipinski definition) is 1. The van der Waals surface area contributed by atoms with Gasteiger partial charge < -0.3 is 4.98 Å². The summed E-state index contributed by atoms with van der Waals surface area (Å²) in [6.45, 7) is 6.41. The van der Waals surface area contributed by atoms with E-state index in [9.17, 15) is 0 Å². The van der Waals surface area contributed by atoms with Crippen molar-refractivity contribution >= 4 is 11.6 Å². The molecule has 0 amide bonds. The van der Waals surface area contributed by atoms with E-state index < -0.39 is 0 Å². The molecule has 0 fully saturated rings. The number of hydrogen-bond acceptors (Lipinski definition) is 1. The lowest BCUT2D eigenvalue weighted by molar-refractivity contribution is 1.12. The third-order valence-corrected chi connectivity index (χ3v) is 3.36. The van der Waals surface area contributed by atoms with Gasteiger partial charge in [0.25, 0.3) is 0 Å². The number of nitrogens with one attached hydrogen (secondary N) is 1. The van der Waals surface area contributed by atoms with E-state index in [4.69, 9.17) is 11.6 Å². The summed E-state index contributed by atoms with van der Waals surface area (Å²) in [6, 6.07) is 4.27. The summed E-state index contributed by atoms with van der Waals surface area (Å²) in [4.78, 5) is 7.44. The quantitative estimate of drug-likeness (QED) is 0.788. The second kappa shape index (κ2) is 4.30. The minimum atomic E-state index is 0.421. The number of rotatable bonds is 2. The lowest BCUT2D eigenvalue weighted by Crippen LogP contribution is -1.91. The van der Waals surface area contributed by atoms with Crippen molar-refractivity contribution in [3.05, 3.63) is 40.8 Å². The molecule has 0 radical (unpaired) electrons. The second-order valence-electron chi connectivity index (χ2n) is 4.06. The van der Waals surface area contributed by atoms with Crippen LogP contribution in [0.3, 0.4) is 0 Å². The van der Waals surface area contributed by atoms with Gasteiger partial charge in [-0.3, -0.25) is 0 Å². The van der Waals surface area contributed by atoms with Crippen molar-refractivity contribution in [1.82, 2.24) is 9.97 Å². The van der Waals surface area contributed by atoms with Crippen LogP contribution in [-0.2, 0) is 5.88 Å². The van der Waals surface area contributed by atoms with Gasteiger partial charge in [-0.05, 0) is 37.5 Å². The smallest absolute Gasteiger partial charge is 0.121 e. The predicted octanol–water partition coefficient (Wildman–Crippen LogP) is 3.74. The van der Waals surface area contributed by atoms with Gasteiger partial charge in [0.2, 0.25) is 0 Å². The van der Waals surface area contributed by atoms with E-state index in [-0.39, 0.29) is 0 Å². The van der Waals surface area contributed by atoms with Crippen LogP contribution in [-0.4, -0.2) is 9.97 Å². The van der Waals surface area contributed by atoms with E-state index in [0.717, 1.165) is 11.5 Å². The highest BCUT2D eigenvalue weighted by Gasteiger charge is 2.08. The fourth-order valence-electron chi connectivity index (χ4n) is 1.82. The Morgan fingerprint density at radius 1 is 1.19 bits per heavy atom. The van der Waals surface area contributed by atoms with E-state index in [1.165, 1.54) is 22.3 Å². The number of aromatic amines is 1. The summed E-state index contributed by atoms with van der Waals surface area (Å²) in [7, 11) is 0. The van der Waals surface area contributed by atoms with Gasteiger partial charge in [-0.25, -0.2) is 4.98 Å². The summed E-state index contributed by atoms with van der Waals surface area (Å²) >= 11 is 5.73. The molecule has 2 rings (SSSR count). The molecule has 0 bridgehead atoms. The van der Waals surface area contributed by atoms with Crippen LogP contribution < -0.4 is 0 Å². The normalized spacial score (nSPS) is 10.8. The molecule has 0 aliphatic carbocycles. The molecule has 84 valence electrons. The third-order valence-electron chi connectivity index (χ3n) is 3.10. The molecule has 0 unspecified atom stereocenters. The molecular formula is C13H15ClN2. The highest BCUT2D eigenvalue weighted by Crippen LogP contribution is 2.26. The zero-order valence-electron chi connectivity index (χ0n) is 9.76. The van der Waals surface area contributed by atoms with Gasteiger partial charge in [0.1, 0.15) is 5.82 Å². The first-order valence-corrected chi connectivity index (χ1v) is 5.84. The molecule has 2 aromatic rings. The molecule has 0 aliphatic heterocycles. The lowest BCUT2D eigenvalue weighted by atomic mass is 9.97. The Bertz CT molecular complexity index is 515. The average molecular weight is 235 g/mol. The van der Waals surface area contributed by atoms with E-state index in [2.05, 4.69) is 42.9 Å². The summed E-state index contributed by atoms with van der Waals surface area (Å²) in [5, 5.41) is 0. The number of aryl methyl sites for hydroxylation is 1. The van der Waals surface area contributed by atoms with E-state index in [1.807, 2.05) is 6.20 Å². The number of nitrogens with zero attached hydrogens (tertiary/aromatic N) is 1. The molecule has 0 spiro atoms. The third kappa shape index (κ3) is 1.85. The number of halogens is 1. The lowest BCUT2D eigenvalue weighted by Gasteiger charge is -2.09. The van der Waals surface area contributed by atoms with Crippen LogP contribution in [0.15, 0.2) is 18.3 Å². The minimum absolute atomic E-state index is 0.421. The first kappa shape index (κ1) is 11.2. The first-order chi connectivity index (χ1) is 7.63. The van der Waals surface area contributed by atoms with Gasteiger partial charge in [-0.2, -0.15) is 0 Å². The Morgan fingerprint density at radius 2 is 1.94 bits per heavy atom. The number of aromatic nitrogens is 2. The Balaban J connectivity index is 2.52. The Labute approximate surface area is 101 Å². The van der Waals surface area contributed by atoms with Crippen molar-refractivity contribution in [3.8, 4) is 11.3 Å². The molecule has 3 heteroatoms. The van der Waals surface area contributed by atoms with Crippen LogP contribution >= 0.6 is 11.6 Å². The SMILES string of the molecule is Cc1ccc(-c2cnc(CCl)[nH]2)c(C)c1C. The summed E-state index contributed by atoms with van der Waals surface area (Å²) < 4.78 is 0. The van der Waals surface area contributed by atoms with Crippen molar-refractivity contribution < 1.29 is 0 Å². The zero-order valence-corrected chi connectivity index (χ0v) is 10.5. The van der Waals surface area contributed by atoms with Crippen LogP contribution in [0, 0.1) is 20.8 Å². The van der Waals surface area contributed by atoms with E-state index in [1.54, 1.807) is 0 Å². The van der Waals surface area contributed by atoms with Crippen LogP contribution in [0.1, 0.15) is 22.5 Å². The molecule has 0 aliphatic rings. The van der Waals surface area contributed by atoms with Crippen molar-refractivity contribution in [3.63, 3.8) is 0 Å². The number of benzene rings is 1. The summed E-state index contributed by atoms with van der Waals surface area (Å²) in [5.41, 5.74) is 6.19. The molecule has 0 saturated carbocycles. The molecular weight excluding hydrogens is 220 g/mol. The number of H-pyrrole nitrogens is 1. The topological polar surface area (TPSA) is 28.7 Å². The number of alkyl halides is 1. The molecule has 1 aromatic heterocycles. The fraction of sp³-hybridized carbons (Fsp3) is 0.308. The van der Waals surface area contributed by atoms with Crippen molar-refractivity contribution in [2.45, 2.75) is 26.7 Å². The largest absolute Gasteiger partial charge is 0.341 e. The first-order valence-electron chi connectivity index (χ1n) is 5.30. The minimum Gasteiger partial charge on any atom is -0.341 e. The maximum Gasteiger partial charge on any atom is 0.121 e. The average Bonchev–Trinajstić information content (AvgIpc) is 2.74. The molecule has 0 atom stereocenters. The molecule has 1 heterocycles. The Morgan fingerprint density at radius 3 is 2.56 bits per heavy atom. The fourth-order valence-corrected chi connectivity index (χ4v) is 1.95. The molecule has 16 heavy (non-hydrogen) atoms. The second-order valence-corrected chi connectivity index (χ2v) is 4.32. The summed E-state index contributed by atoms with van der Waals surface area (Å²) in [6.07, 6.45) is 1.84. The van der Waals surface area contributed by atoms with Gasteiger partial charge >= 0.3 is 0 Å². The van der Waals surface area contributed by atoms with Crippen molar-refractivity contribution in [2.24, 2.45) is 0 Å². The van der Waals surface area contributed by atoms with Crippen LogP contribution in [0.4, 0.5) is 0 Å². The predicted molar refractivity (Wildman–Crippen MR) is 67.8 cm³/mol. The molecule has 2 nitrogen and oxygen atoms in total. The van der Waals surface area contributed by atoms with Crippen LogP contribution in [0.5, 0.6) is 0 Å². The monoisotopic (exact) mass is 234 g/mol. The summed E-state index contributed by atoms with van der Waals surface area (Å²) in [5.74, 6) is 1.23. The molecule has 1 N–H and O–H groups in total. The van der Waals surface area contributed by atoms with Crippen LogP contribution in [0.25, 0.3) is 11.3 Å². The Kier molecular flexibility index (Phi) is 3.01. The van der Waals surface area contributed by atoms with Crippen LogP contribution in [0.2, 0.25) is 0 Å². The highest BCUT2D eigenvalue weighted by molar-refractivity contribution is 6.16. The van der Waals surface area contributed by atoms with E-state index >= 15 is 0 Å². The van der Waals surface area contributed by atoms with Crippen molar-refractivity contribution in [1.29, 1.82) is 0 Å². The van der Waals surface area contributed by atoms with Gasteiger partial charge in [-0.15, -0.1) is 11.6 Å². The Hall–Kier alpha value is -1.28. The molecule has 0 saturated heterocycles. The van der Waals surface area contributed by atoms with Gasteiger partial charge in [0.05, 0.1) is 17.8 Å². The van der Waals surface area contributed by atoms with Gasteiger partial charge in [0.15, 0.2) is 0 Å².